The lowest BCUT2D eigenvalue weighted by Crippen LogP contribution is -2.27. The van der Waals surface area contributed by atoms with Crippen LogP contribution in [0.15, 0.2) is 59.9 Å². The summed E-state index contributed by atoms with van der Waals surface area (Å²) in [5.41, 5.74) is 0.779. The molecule has 1 aliphatic rings. The molecule has 3 aromatic rings. The fraction of sp³-hybridized carbons (Fsp3) is 0.167. The summed E-state index contributed by atoms with van der Waals surface area (Å²) in [4.78, 5) is 16.4. The van der Waals surface area contributed by atoms with Crippen LogP contribution >= 0.6 is 0 Å². The van der Waals surface area contributed by atoms with E-state index in [-0.39, 0.29) is 10.8 Å². The Balaban J connectivity index is 1.73. The minimum atomic E-state index is -3.89. The molecular weight excluding hydrogens is 366 g/mol. The van der Waals surface area contributed by atoms with Crippen LogP contribution in [0, 0.1) is 0 Å². The van der Waals surface area contributed by atoms with Gasteiger partial charge in [0.25, 0.3) is 10.0 Å². The zero-order chi connectivity index (χ0) is 19.2. The van der Waals surface area contributed by atoms with Crippen molar-refractivity contribution in [2.24, 2.45) is 0 Å². The number of nitrogens with zero attached hydrogens (tertiary/aromatic N) is 3. The monoisotopic (exact) mass is 383 g/mol. The van der Waals surface area contributed by atoms with Crippen molar-refractivity contribution in [3.05, 3.63) is 60.6 Å². The van der Waals surface area contributed by atoms with Gasteiger partial charge in [-0.2, -0.15) is 5.10 Å². The molecule has 8 nitrogen and oxygen atoms in total. The molecule has 2 N–H and O–H groups in total. The van der Waals surface area contributed by atoms with Crippen LogP contribution in [-0.2, 0) is 20.2 Å². The first-order valence-corrected chi connectivity index (χ1v) is 9.71. The van der Waals surface area contributed by atoms with E-state index in [9.17, 15) is 13.2 Å². The largest absolute Gasteiger partial charge is 0.325 e. The molecule has 0 atom stereocenters. The summed E-state index contributed by atoms with van der Waals surface area (Å²) in [6.45, 7) is 3.52. The summed E-state index contributed by atoms with van der Waals surface area (Å²) < 4.78 is 29.9. The van der Waals surface area contributed by atoms with E-state index in [4.69, 9.17) is 0 Å². The van der Waals surface area contributed by atoms with Gasteiger partial charge < -0.3 is 5.32 Å². The van der Waals surface area contributed by atoms with Gasteiger partial charge in [-0.15, -0.1) is 0 Å². The third kappa shape index (κ3) is 2.85. The number of hydrogen-bond donors (Lipinski definition) is 2. The lowest BCUT2D eigenvalue weighted by molar-refractivity contribution is -0.119. The molecule has 0 fully saturated rings. The zero-order valence-corrected chi connectivity index (χ0v) is 15.5. The third-order valence-corrected chi connectivity index (χ3v) is 5.91. The molecule has 1 amide bonds. The van der Waals surface area contributed by atoms with Crippen molar-refractivity contribution in [2.45, 2.75) is 24.2 Å². The average molecular weight is 383 g/mol. The number of sulfonamides is 1. The maximum absolute atomic E-state index is 12.9. The Morgan fingerprint density at radius 3 is 2.70 bits per heavy atom. The smallest absolute Gasteiger partial charge is 0.262 e. The van der Waals surface area contributed by atoms with Gasteiger partial charge in [-0.3, -0.25) is 9.52 Å². The molecule has 2 aromatic heterocycles. The van der Waals surface area contributed by atoms with E-state index < -0.39 is 15.4 Å². The van der Waals surface area contributed by atoms with Gasteiger partial charge in [0.2, 0.25) is 5.91 Å². The lowest BCUT2D eigenvalue weighted by Gasteiger charge is -2.16. The number of pyridine rings is 1. The predicted molar refractivity (Wildman–Crippen MR) is 100 cm³/mol. The fourth-order valence-electron chi connectivity index (χ4n) is 2.97. The number of rotatable bonds is 4. The first-order chi connectivity index (χ1) is 12.8. The van der Waals surface area contributed by atoms with Gasteiger partial charge in [-0.25, -0.2) is 18.1 Å². The number of fused-ring (bicyclic) bond motifs is 1. The molecule has 0 unspecified atom stereocenters. The number of amides is 1. The van der Waals surface area contributed by atoms with Crippen molar-refractivity contribution in [3.8, 4) is 5.82 Å². The number of anilines is 2. The molecule has 0 saturated heterocycles. The van der Waals surface area contributed by atoms with Gasteiger partial charge in [0.15, 0.2) is 5.82 Å². The second-order valence-electron chi connectivity index (χ2n) is 6.72. The molecule has 0 aliphatic carbocycles. The summed E-state index contributed by atoms with van der Waals surface area (Å²) in [5.74, 6) is 0.206. The van der Waals surface area contributed by atoms with Gasteiger partial charge in [0.1, 0.15) is 0 Å². The Morgan fingerprint density at radius 2 is 1.96 bits per heavy atom. The second kappa shape index (κ2) is 5.92. The van der Waals surface area contributed by atoms with Crippen LogP contribution in [0.3, 0.4) is 0 Å². The van der Waals surface area contributed by atoms with Crippen molar-refractivity contribution in [2.75, 3.05) is 10.0 Å². The molecule has 27 heavy (non-hydrogen) atoms. The molecule has 0 saturated carbocycles. The van der Waals surface area contributed by atoms with Crippen LogP contribution in [0.5, 0.6) is 0 Å². The fourth-order valence-corrected chi connectivity index (χ4v) is 4.06. The minimum absolute atomic E-state index is 0.0705. The molecular formula is C18H17N5O3S. The van der Waals surface area contributed by atoms with Gasteiger partial charge >= 0.3 is 0 Å². The molecule has 0 bridgehead atoms. The number of benzene rings is 1. The summed E-state index contributed by atoms with van der Waals surface area (Å²) in [6, 6.07) is 9.57. The maximum atomic E-state index is 12.9. The van der Waals surface area contributed by atoms with Crippen molar-refractivity contribution in [3.63, 3.8) is 0 Å². The zero-order valence-electron chi connectivity index (χ0n) is 14.7. The highest BCUT2D eigenvalue weighted by Gasteiger charge is 2.39. The Kier molecular flexibility index (Phi) is 3.77. The van der Waals surface area contributed by atoms with Gasteiger partial charge in [-0.1, -0.05) is 0 Å². The predicted octanol–water partition coefficient (Wildman–Crippen LogP) is 2.30. The van der Waals surface area contributed by atoms with Crippen molar-refractivity contribution >= 4 is 27.3 Å². The SMILES string of the molecule is CC1(C)C(=O)Nc2ccc(S(=O)(=O)Nc3cccnc3-n3cccn3)cc21. The molecule has 4 rings (SSSR count). The van der Waals surface area contributed by atoms with E-state index in [1.54, 1.807) is 56.7 Å². The quantitative estimate of drug-likeness (QED) is 0.719. The van der Waals surface area contributed by atoms with Crippen LogP contribution in [0.1, 0.15) is 19.4 Å². The van der Waals surface area contributed by atoms with E-state index >= 15 is 0 Å². The maximum Gasteiger partial charge on any atom is 0.262 e. The highest BCUT2D eigenvalue weighted by Crippen LogP contribution is 2.38. The second-order valence-corrected chi connectivity index (χ2v) is 8.40. The normalized spacial score (nSPS) is 15.3. The molecule has 138 valence electrons. The first-order valence-electron chi connectivity index (χ1n) is 8.23. The summed E-state index contributed by atoms with van der Waals surface area (Å²) in [5, 5.41) is 6.87. The van der Waals surface area contributed by atoms with Crippen LogP contribution in [0.4, 0.5) is 11.4 Å². The third-order valence-electron chi connectivity index (χ3n) is 4.54. The molecule has 1 aromatic carbocycles. The molecule has 0 radical (unpaired) electrons. The average Bonchev–Trinajstić information content (AvgIpc) is 3.23. The van der Waals surface area contributed by atoms with Gasteiger partial charge in [-0.05, 0) is 55.8 Å². The standard InChI is InChI=1S/C18H17N5O3S/c1-18(2)13-11-12(6-7-14(13)21-17(18)24)27(25,26)22-15-5-3-8-19-16(15)23-10-4-9-20-23/h3-11,22H,1-2H3,(H,21,24). The Hall–Kier alpha value is -3.20. The topological polar surface area (TPSA) is 106 Å². The minimum Gasteiger partial charge on any atom is -0.325 e. The Morgan fingerprint density at radius 1 is 1.15 bits per heavy atom. The number of carbonyl (C=O) groups excluding carboxylic acids is 1. The van der Waals surface area contributed by atoms with Crippen LogP contribution in [-0.4, -0.2) is 29.1 Å². The number of nitrogens with one attached hydrogen (secondary N) is 2. The molecule has 9 heteroatoms. The molecule has 0 spiro atoms. The number of carbonyl (C=O) groups is 1. The van der Waals surface area contributed by atoms with E-state index in [0.717, 1.165) is 0 Å². The molecule has 1 aliphatic heterocycles. The van der Waals surface area contributed by atoms with Gasteiger partial charge in [0, 0.05) is 24.3 Å². The van der Waals surface area contributed by atoms with Crippen molar-refractivity contribution in [1.82, 2.24) is 14.8 Å². The first kappa shape index (κ1) is 17.2. The highest BCUT2D eigenvalue weighted by atomic mass is 32.2. The Bertz CT molecular complexity index is 1140. The van der Waals surface area contributed by atoms with E-state index in [1.807, 2.05) is 0 Å². The van der Waals surface area contributed by atoms with Crippen molar-refractivity contribution < 1.29 is 13.2 Å². The Labute approximate surface area is 156 Å². The summed E-state index contributed by atoms with van der Waals surface area (Å²) >= 11 is 0. The highest BCUT2D eigenvalue weighted by molar-refractivity contribution is 7.92. The number of hydrogen-bond acceptors (Lipinski definition) is 5. The van der Waals surface area contributed by atoms with E-state index in [0.29, 0.717) is 22.8 Å². The van der Waals surface area contributed by atoms with Crippen LogP contribution < -0.4 is 10.0 Å². The van der Waals surface area contributed by atoms with E-state index in [2.05, 4.69) is 20.1 Å². The summed E-state index contributed by atoms with van der Waals surface area (Å²) in [7, 11) is -3.89. The molecule has 3 heterocycles. The van der Waals surface area contributed by atoms with Crippen LogP contribution in [0.25, 0.3) is 5.82 Å². The number of aromatic nitrogens is 3. The van der Waals surface area contributed by atoms with Crippen molar-refractivity contribution in [1.29, 1.82) is 0 Å². The lowest BCUT2D eigenvalue weighted by atomic mass is 9.86. The summed E-state index contributed by atoms with van der Waals surface area (Å²) in [6.07, 6.45) is 4.82. The van der Waals surface area contributed by atoms with Gasteiger partial charge in [0.05, 0.1) is 16.0 Å². The van der Waals surface area contributed by atoms with Crippen LogP contribution in [0.2, 0.25) is 0 Å². The van der Waals surface area contributed by atoms with E-state index in [1.165, 1.54) is 16.8 Å².